The van der Waals surface area contributed by atoms with E-state index in [0.29, 0.717) is 5.57 Å². The molecule has 0 N–H and O–H groups in total. The Balaban J connectivity index is 1.96. The summed E-state index contributed by atoms with van der Waals surface area (Å²) in [5.41, 5.74) is 3.51. The zero-order chi connectivity index (χ0) is 15.4. The maximum absolute atomic E-state index is 9.43. The molecule has 2 nitrogen and oxygen atoms in total. The van der Waals surface area contributed by atoms with Crippen LogP contribution in [-0.4, -0.2) is 4.98 Å². The molecule has 1 heterocycles. The summed E-state index contributed by atoms with van der Waals surface area (Å²) in [6, 6.07) is 20.1. The number of halogens is 1. The fourth-order valence-corrected chi connectivity index (χ4v) is 3.26. The number of hydrogen-bond acceptors (Lipinski definition) is 3. The molecular formula is C18H11BrN2S. The fraction of sp³-hybridized carbons (Fsp3) is 0. The number of nitrogens with zero attached hydrogens (tertiary/aromatic N) is 2. The number of nitriles is 1. The van der Waals surface area contributed by atoms with Crippen LogP contribution >= 0.6 is 27.3 Å². The molecule has 2 aromatic carbocycles. The molecule has 0 amide bonds. The van der Waals surface area contributed by atoms with Crippen molar-refractivity contribution in [2.24, 2.45) is 0 Å². The number of thiazole rings is 1. The average Bonchev–Trinajstić information content (AvgIpc) is 3.03. The summed E-state index contributed by atoms with van der Waals surface area (Å²) in [6.07, 6.45) is 1.86. The molecule has 0 aliphatic carbocycles. The SMILES string of the molecule is N#C/C(=C/c1cccc(Br)c1)c1nc(-c2ccccc2)cs1. The molecule has 0 saturated heterocycles. The molecule has 1 aromatic heterocycles. The minimum absolute atomic E-state index is 0.574. The second-order valence-electron chi connectivity index (χ2n) is 4.63. The predicted octanol–water partition coefficient (Wildman–Crippen LogP) is 5.64. The van der Waals surface area contributed by atoms with Crippen LogP contribution in [0.1, 0.15) is 10.6 Å². The van der Waals surface area contributed by atoms with Gasteiger partial charge in [0, 0.05) is 15.4 Å². The Morgan fingerprint density at radius 1 is 1.14 bits per heavy atom. The van der Waals surface area contributed by atoms with Gasteiger partial charge in [-0.3, -0.25) is 0 Å². The maximum Gasteiger partial charge on any atom is 0.134 e. The fourth-order valence-electron chi connectivity index (χ4n) is 2.04. The summed E-state index contributed by atoms with van der Waals surface area (Å²) in [5.74, 6) is 0. The lowest BCUT2D eigenvalue weighted by Gasteiger charge is -1.97. The highest BCUT2D eigenvalue weighted by Gasteiger charge is 2.08. The van der Waals surface area contributed by atoms with Crippen LogP contribution in [-0.2, 0) is 0 Å². The predicted molar refractivity (Wildman–Crippen MR) is 95.2 cm³/mol. The molecule has 22 heavy (non-hydrogen) atoms. The summed E-state index contributed by atoms with van der Waals surface area (Å²) in [6.45, 7) is 0. The van der Waals surface area contributed by atoms with Gasteiger partial charge in [-0.25, -0.2) is 4.98 Å². The second-order valence-corrected chi connectivity index (χ2v) is 6.40. The van der Waals surface area contributed by atoms with E-state index >= 15 is 0 Å². The maximum atomic E-state index is 9.43. The lowest BCUT2D eigenvalue weighted by Crippen LogP contribution is -1.83. The number of allylic oxidation sites excluding steroid dienone is 1. The number of hydrogen-bond donors (Lipinski definition) is 0. The van der Waals surface area contributed by atoms with E-state index in [9.17, 15) is 5.26 Å². The molecule has 0 radical (unpaired) electrons. The Hall–Kier alpha value is -2.22. The average molecular weight is 367 g/mol. The lowest BCUT2D eigenvalue weighted by molar-refractivity contribution is 1.37. The normalized spacial score (nSPS) is 11.2. The molecule has 0 unspecified atom stereocenters. The molecular weight excluding hydrogens is 356 g/mol. The molecule has 0 fully saturated rings. The molecule has 0 bridgehead atoms. The monoisotopic (exact) mass is 366 g/mol. The third-order valence-electron chi connectivity index (χ3n) is 3.08. The first-order chi connectivity index (χ1) is 10.8. The Labute approximate surface area is 141 Å². The third-order valence-corrected chi connectivity index (χ3v) is 4.45. The van der Waals surface area contributed by atoms with Crippen molar-refractivity contribution in [3.63, 3.8) is 0 Å². The summed E-state index contributed by atoms with van der Waals surface area (Å²) < 4.78 is 0.989. The van der Waals surface area contributed by atoms with Crippen LogP contribution in [0.5, 0.6) is 0 Å². The van der Waals surface area contributed by atoms with Gasteiger partial charge in [-0.05, 0) is 23.8 Å². The van der Waals surface area contributed by atoms with Crippen molar-refractivity contribution < 1.29 is 0 Å². The van der Waals surface area contributed by atoms with Crippen LogP contribution in [0.3, 0.4) is 0 Å². The third kappa shape index (κ3) is 3.33. The highest BCUT2D eigenvalue weighted by atomic mass is 79.9. The Kier molecular flexibility index (Phi) is 4.47. The Morgan fingerprint density at radius 2 is 1.95 bits per heavy atom. The van der Waals surface area contributed by atoms with Gasteiger partial charge in [0.15, 0.2) is 0 Å². The van der Waals surface area contributed by atoms with E-state index in [1.165, 1.54) is 11.3 Å². The van der Waals surface area contributed by atoms with E-state index in [-0.39, 0.29) is 0 Å². The highest BCUT2D eigenvalue weighted by Crippen LogP contribution is 2.27. The summed E-state index contributed by atoms with van der Waals surface area (Å²) >= 11 is 4.93. The van der Waals surface area contributed by atoms with Gasteiger partial charge in [0.05, 0.1) is 11.3 Å². The molecule has 0 saturated carbocycles. The quantitative estimate of drug-likeness (QED) is 0.562. The van der Waals surface area contributed by atoms with Gasteiger partial charge in [0.1, 0.15) is 11.1 Å². The van der Waals surface area contributed by atoms with E-state index in [0.717, 1.165) is 26.3 Å². The van der Waals surface area contributed by atoms with Crippen molar-refractivity contribution in [2.45, 2.75) is 0 Å². The van der Waals surface area contributed by atoms with E-state index < -0.39 is 0 Å². The first-order valence-corrected chi connectivity index (χ1v) is 8.32. The zero-order valence-corrected chi connectivity index (χ0v) is 13.9. The van der Waals surface area contributed by atoms with Crippen molar-refractivity contribution in [1.82, 2.24) is 4.98 Å². The van der Waals surface area contributed by atoms with Crippen LogP contribution in [0.2, 0.25) is 0 Å². The first-order valence-electron chi connectivity index (χ1n) is 6.65. The summed E-state index contributed by atoms with van der Waals surface area (Å²) in [4.78, 5) is 4.59. The van der Waals surface area contributed by atoms with Crippen LogP contribution in [0.25, 0.3) is 22.9 Å². The molecule has 0 aliphatic heterocycles. The molecule has 0 atom stereocenters. The van der Waals surface area contributed by atoms with E-state index in [4.69, 9.17) is 0 Å². The molecule has 0 aliphatic rings. The van der Waals surface area contributed by atoms with Gasteiger partial charge < -0.3 is 0 Å². The molecule has 3 rings (SSSR count). The Bertz CT molecular complexity index is 860. The van der Waals surface area contributed by atoms with E-state index in [1.807, 2.05) is 66.1 Å². The minimum Gasteiger partial charge on any atom is -0.235 e. The summed E-state index contributed by atoms with van der Waals surface area (Å²) in [5, 5.41) is 12.1. The van der Waals surface area contributed by atoms with Gasteiger partial charge in [0.25, 0.3) is 0 Å². The second kappa shape index (κ2) is 6.69. The smallest absolute Gasteiger partial charge is 0.134 e. The van der Waals surface area contributed by atoms with Gasteiger partial charge in [0.2, 0.25) is 0 Å². The Morgan fingerprint density at radius 3 is 2.68 bits per heavy atom. The minimum atomic E-state index is 0.574. The van der Waals surface area contributed by atoms with Crippen LogP contribution in [0, 0.1) is 11.3 Å². The van der Waals surface area contributed by atoms with Crippen molar-refractivity contribution >= 4 is 38.9 Å². The number of rotatable bonds is 3. The topological polar surface area (TPSA) is 36.7 Å². The van der Waals surface area contributed by atoms with Crippen molar-refractivity contribution in [3.8, 4) is 17.3 Å². The van der Waals surface area contributed by atoms with Crippen LogP contribution in [0.4, 0.5) is 0 Å². The molecule has 4 heteroatoms. The largest absolute Gasteiger partial charge is 0.235 e. The van der Waals surface area contributed by atoms with Gasteiger partial charge >= 0.3 is 0 Å². The zero-order valence-electron chi connectivity index (χ0n) is 11.5. The number of benzene rings is 2. The van der Waals surface area contributed by atoms with E-state index in [2.05, 4.69) is 27.0 Å². The molecule has 0 spiro atoms. The van der Waals surface area contributed by atoms with Crippen molar-refractivity contribution in [1.29, 1.82) is 5.26 Å². The van der Waals surface area contributed by atoms with Crippen LogP contribution in [0.15, 0.2) is 64.5 Å². The first kappa shape index (κ1) is 14.7. The molecule has 106 valence electrons. The van der Waals surface area contributed by atoms with Crippen molar-refractivity contribution in [2.75, 3.05) is 0 Å². The molecule has 3 aromatic rings. The van der Waals surface area contributed by atoms with Gasteiger partial charge in [-0.2, -0.15) is 5.26 Å². The standard InChI is InChI=1S/C18H11BrN2S/c19-16-8-4-5-13(10-16)9-15(11-20)18-21-17(12-22-18)14-6-2-1-3-7-14/h1-10,12H/b15-9-. The summed E-state index contributed by atoms with van der Waals surface area (Å²) in [7, 11) is 0. The van der Waals surface area contributed by atoms with Crippen LogP contribution < -0.4 is 0 Å². The van der Waals surface area contributed by atoms with Gasteiger partial charge in [-0.15, -0.1) is 11.3 Å². The van der Waals surface area contributed by atoms with E-state index in [1.54, 1.807) is 0 Å². The van der Waals surface area contributed by atoms with Crippen molar-refractivity contribution in [3.05, 3.63) is 75.0 Å². The highest BCUT2D eigenvalue weighted by molar-refractivity contribution is 9.10. The van der Waals surface area contributed by atoms with Gasteiger partial charge in [-0.1, -0.05) is 58.4 Å². The number of aromatic nitrogens is 1. The lowest BCUT2D eigenvalue weighted by atomic mass is 10.1.